The highest BCUT2D eigenvalue weighted by atomic mass is 35.5. The van der Waals surface area contributed by atoms with Crippen LogP contribution in [-0.4, -0.2) is 14.1 Å². The Kier molecular flexibility index (Phi) is 7.34. The first-order valence-corrected chi connectivity index (χ1v) is 11.8. The maximum atomic E-state index is 6.93. The van der Waals surface area contributed by atoms with Crippen molar-refractivity contribution in [2.24, 2.45) is 0 Å². The second-order valence-electron chi connectivity index (χ2n) is 9.97. The zero-order valence-corrected chi connectivity index (χ0v) is 20.7. The van der Waals surface area contributed by atoms with Crippen LogP contribution in [0.5, 0.6) is 0 Å². The molecule has 31 heavy (non-hydrogen) atoms. The number of halogens is 1. The predicted molar refractivity (Wildman–Crippen MR) is 135 cm³/mol. The van der Waals surface area contributed by atoms with Crippen LogP contribution in [0, 0.1) is 0 Å². The maximum absolute atomic E-state index is 6.93. The predicted octanol–water partition coefficient (Wildman–Crippen LogP) is 6.80. The van der Waals surface area contributed by atoms with Crippen LogP contribution in [0.15, 0.2) is 70.8 Å². The molecule has 0 fully saturated rings. The van der Waals surface area contributed by atoms with Crippen molar-refractivity contribution in [3.63, 3.8) is 0 Å². The molecule has 0 aromatic heterocycles. The summed E-state index contributed by atoms with van der Waals surface area (Å²) < 4.78 is 0. The van der Waals surface area contributed by atoms with Crippen molar-refractivity contribution < 1.29 is 5.32 Å². The van der Waals surface area contributed by atoms with Gasteiger partial charge in [0.15, 0.2) is 0 Å². The summed E-state index contributed by atoms with van der Waals surface area (Å²) in [6.45, 7) is 9.31. The monoisotopic (exact) mass is 437 g/mol. The first-order valence-electron chi connectivity index (χ1n) is 11.4. The van der Waals surface area contributed by atoms with E-state index >= 15 is 0 Å². The molecule has 3 heteroatoms. The van der Waals surface area contributed by atoms with Gasteiger partial charge in [0, 0.05) is 23.3 Å². The maximum Gasteiger partial charge on any atom is 0.133 e. The summed E-state index contributed by atoms with van der Waals surface area (Å²) in [5.74, 6) is 0. The third kappa shape index (κ3) is 5.25. The Hall–Kier alpha value is -2.03. The van der Waals surface area contributed by atoms with E-state index < -0.39 is 0 Å². The normalized spacial score (nSPS) is 16.3. The summed E-state index contributed by atoms with van der Waals surface area (Å²) in [4.78, 5) is 0. The molecule has 0 saturated carbocycles. The van der Waals surface area contributed by atoms with Crippen LogP contribution in [0.1, 0.15) is 64.5 Å². The molecule has 166 valence electrons. The summed E-state index contributed by atoms with van der Waals surface area (Å²) >= 11 is 6.93. The van der Waals surface area contributed by atoms with Crippen molar-refractivity contribution in [3.05, 3.63) is 81.9 Å². The van der Waals surface area contributed by atoms with Gasteiger partial charge in [0.25, 0.3) is 0 Å². The van der Waals surface area contributed by atoms with Crippen LogP contribution in [0.2, 0.25) is 0 Å². The van der Waals surface area contributed by atoms with Gasteiger partial charge in [-0.25, -0.2) is 0 Å². The quantitative estimate of drug-likeness (QED) is 0.436. The topological polar surface area (TPSA) is 28.6 Å². The number of allylic oxidation sites excluding steroid dienone is 4. The number of hydrogen-bond donors (Lipinski definition) is 2. The minimum Gasteiger partial charge on any atom is -0.388 e. The number of quaternary nitrogens is 1. The molecule has 0 spiro atoms. The highest BCUT2D eigenvalue weighted by molar-refractivity contribution is 6.32. The number of nitrogens with one attached hydrogen (secondary N) is 1. The minimum atomic E-state index is 0.0275. The van der Waals surface area contributed by atoms with E-state index in [1.54, 1.807) is 0 Å². The Morgan fingerprint density at radius 2 is 1.58 bits per heavy atom. The fourth-order valence-electron chi connectivity index (χ4n) is 4.86. The molecule has 0 amide bonds. The molecule has 3 rings (SSSR count). The molecule has 0 aliphatic heterocycles. The Balaban J connectivity index is 1.79. The van der Waals surface area contributed by atoms with Crippen LogP contribution in [0.3, 0.4) is 0 Å². The van der Waals surface area contributed by atoms with Gasteiger partial charge < -0.3 is 10.6 Å². The molecule has 1 aliphatic rings. The zero-order chi connectivity index (χ0) is 22.6. The van der Waals surface area contributed by atoms with Crippen LogP contribution in [-0.2, 0) is 10.8 Å². The molecule has 1 aliphatic carbocycles. The lowest BCUT2D eigenvalue weighted by molar-refractivity contribution is -0.540. The minimum absolute atomic E-state index is 0.0275. The second-order valence-corrected chi connectivity index (χ2v) is 10.3. The molecule has 0 saturated heterocycles. The van der Waals surface area contributed by atoms with Gasteiger partial charge in [0.1, 0.15) is 5.69 Å². The zero-order valence-electron chi connectivity index (χ0n) is 20.0. The number of anilines is 1. The van der Waals surface area contributed by atoms with Gasteiger partial charge in [-0.3, -0.25) is 0 Å². The van der Waals surface area contributed by atoms with E-state index in [0.717, 1.165) is 30.7 Å². The van der Waals surface area contributed by atoms with Crippen molar-refractivity contribution in [2.45, 2.75) is 64.2 Å². The second kappa shape index (κ2) is 9.63. The van der Waals surface area contributed by atoms with Crippen LogP contribution < -0.4 is 10.6 Å². The van der Waals surface area contributed by atoms with Gasteiger partial charge in [-0.1, -0.05) is 87.3 Å². The third-order valence-electron chi connectivity index (χ3n) is 6.73. The van der Waals surface area contributed by atoms with E-state index in [1.165, 1.54) is 33.6 Å². The highest BCUT2D eigenvalue weighted by Crippen LogP contribution is 2.43. The highest BCUT2D eigenvalue weighted by Gasteiger charge is 2.30. The molecule has 3 N–H and O–H groups in total. The average Bonchev–Trinajstić information content (AvgIpc) is 3.11. The molecule has 0 unspecified atom stereocenters. The summed E-state index contributed by atoms with van der Waals surface area (Å²) in [5, 5.41) is 6.55. The molecule has 0 bridgehead atoms. The van der Waals surface area contributed by atoms with Crippen molar-refractivity contribution in [1.82, 2.24) is 0 Å². The van der Waals surface area contributed by atoms with Crippen LogP contribution in [0.25, 0.3) is 0 Å². The van der Waals surface area contributed by atoms with E-state index in [4.69, 9.17) is 11.6 Å². The van der Waals surface area contributed by atoms with Crippen LogP contribution in [0.4, 0.5) is 11.4 Å². The summed E-state index contributed by atoms with van der Waals surface area (Å²) in [5.41, 5.74) is 8.08. The van der Waals surface area contributed by atoms with Crippen LogP contribution >= 0.6 is 11.6 Å². The van der Waals surface area contributed by atoms with Gasteiger partial charge in [-0.15, -0.1) is 0 Å². The third-order valence-corrected chi connectivity index (χ3v) is 7.24. The summed E-state index contributed by atoms with van der Waals surface area (Å²) in [6.07, 6.45) is 6.48. The van der Waals surface area contributed by atoms with Crippen molar-refractivity contribution in [3.8, 4) is 0 Å². The number of hydrogen-bond acceptors (Lipinski definition) is 1. The van der Waals surface area contributed by atoms with E-state index in [9.17, 15) is 0 Å². The van der Waals surface area contributed by atoms with Crippen molar-refractivity contribution in [1.29, 1.82) is 0 Å². The van der Waals surface area contributed by atoms with Gasteiger partial charge in [0.2, 0.25) is 0 Å². The Bertz CT molecular complexity index is 982. The number of benzene rings is 2. The summed E-state index contributed by atoms with van der Waals surface area (Å²) in [6, 6.07) is 17.3. The van der Waals surface area contributed by atoms with Crippen molar-refractivity contribution >= 4 is 23.0 Å². The van der Waals surface area contributed by atoms with Crippen molar-refractivity contribution in [2.75, 3.05) is 19.4 Å². The Labute approximate surface area is 193 Å². The lowest BCUT2D eigenvalue weighted by Crippen LogP contribution is -2.73. The fraction of sp³-hybridized carbons (Fsp3) is 0.429. The summed E-state index contributed by atoms with van der Waals surface area (Å²) in [7, 11) is 4.11. The lowest BCUT2D eigenvalue weighted by atomic mass is 9.78. The fourth-order valence-corrected chi connectivity index (χ4v) is 5.20. The van der Waals surface area contributed by atoms with E-state index in [-0.39, 0.29) is 10.8 Å². The first kappa shape index (κ1) is 23.6. The largest absolute Gasteiger partial charge is 0.388 e. The smallest absolute Gasteiger partial charge is 0.133 e. The van der Waals surface area contributed by atoms with Gasteiger partial charge in [-0.05, 0) is 59.8 Å². The molecular formula is C28H38ClN2+. The first-order chi connectivity index (χ1) is 14.7. The Morgan fingerprint density at radius 1 is 0.935 bits per heavy atom. The average molecular weight is 438 g/mol. The number of para-hydroxylation sites is 2. The molecule has 2 aromatic rings. The number of nitrogens with two attached hydrogens (primary N) is 1. The lowest BCUT2D eigenvalue weighted by Gasteiger charge is -2.28. The number of rotatable bonds is 8. The van der Waals surface area contributed by atoms with E-state index in [1.807, 2.05) is 7.05 Å². The Morgan fingerprint density at radius 3 is 2.26 bits per heavy atom. The molecule has 0 heterocycles. The van der Waals surface area contributed by atoms with E-state index in [2.05, 4.69) is 100.0 Å². The van der Waals surface area contributed by atoms with Gasteiger partial charge in [-0.2, -0.15) is 0 Å². The molecule has 0 atom stereocenters. The molecular weight excluding hydrogens is 400 g/mol. The molecule has 2 nitrogen and oxygen atoms in total. The van der Waals surface area contributed by atoms with E-state index in [0.29, 0.717) is 0 Å². The molecule has 2 aromatic carbocycles. The van der Waals surface area contributed by atoms with Gasteiger partial charge >= 0.3 is 0 Å². The SMILES string of the molecule is CNc1ccccc1C(C)(C)CC1=C(Cl)/C(=C/CC(C)(C)c2ccccc2[NH2+]C)CC1. The molecule has 0 radical (unpaired) electrons. The van der Waals surface area contributed by atoms with Gasteiger partial charge in [0.05, 0.1) is 7.05 Å². The standard InChI is InChI=1S/C28H37ClN2/c1-27(2,22-11-7-9-13-24(22)30-5)18-17-20-15-16-21(26(20)29)19-28(3,4)23-12-8-10-14-25(23)31-6/h7-14,17,30-31H,15-16,18-19H2,1-6H3/p+1/b20-17+.